The van der Waals surface area contributed by atoms with Gasteiger partial charge in [0.15, 0.2) is 5.43 Å². The summed E-state index contributed by atoms with van der Waals surface area (Å²) in [5.74, 6) is -1.82. The standard InChI is InChI=1S/C23H26F2N2O3/c1-14-20(28)10-21(26-12-18-3-2-8-29-18)27-7-6-15-9-17(4-5-19(15)22(14)27)30-13-16-11-23(16,24)25/h4-5,9-10,16,18,26H,2-3,6-8,11-13H2,1H3. The molecule has 5 rings (SSSR count). The predicted octanol–water partition coefficient (Wildman–Crippen LogP) is 4.00. The number of benzene rings is 1. The number of nitrogens with zero attached hydrogens (tertiary/aromatic N) is 1. The number of ether oxygens (including phenoxy) is 2. The van der Waals surface area contributed by atoms with Crippen LogP contribution in [0, 0.1) is 12.8 Å². The number of nitrogens with one attached hydrogen (secondary N) is 1. The zero-order chi connectivity index (χ0) is 20.9. The number of anilines is 1. The van der Waals surface area contributed by atoms with E-state index in [1.807, 2.05) is 25.1 Å². The molecule has 1 N–H and O–H groups in total. The maximum absolute atomic E-state index is 13.1. The van der Waals surface area contributed by atoms with Crippen LogP contribution in [0.15, 0.2) is 29.1 Å². The first kappa shape index (κ1) is 19.5. The van der Waals surface area contributed by atoms with Gasteiger partial charge in [-0.2, -0.15) is 0 Å². The second kappa shape index (κ2) is 7.38. The summed E-state index contributed by atoms with van der Waals surface area (Å²) in [5.41, 5.74) is 3.71. The van der Waals surface area contributed by atoms with Crippen LogP contribution in [0.5, 0.6) is 5.75 Å². The lowest BCUT2D eigenvalue weighted by Gasteiger charge is -2.28. The number of hydrogen-bond acceptors (Lipinski definition) is 4. The smallest absolute Gasteiger partial charge is 0.255 e. The van der Waals surface area contributed by atoms with Crippen molar-refractivity contribution in [2.45, 2.75) is 51.2 Å². The van der Waals surface area contributed by atoms with Crippen molar-refractivity contribution >= 4 is 5.82 Å². The van der Waals surface area contributed by atoms with Crippen molar-refractivity contribution in [2.75, 3.05) is 25.1 Å². The third kappa shape index (κ3) is 3.60. The minimum absolute atomic E-state index is 0.000214. The molecular formula is C23H26F2N2O3. The quantitative estimate of drug-likeness (QED) is 0.773. The maximum atomic E-state index is 13.1. The molecule has 2 unspecified atom stereocenters. The van der Waals surface area contributed by atoms with Gasteiger partial charge in [-0.15, -0.1) is 0 Å². The Balaban J connectivity index is 1.40. The Hall–Kier alpha value is -2.41. The van der Waals surface area contributed by atoms with Gasteiger partial charge in [0.05, 0.1) is 24.3 Å². The van der Waals surface area contributed by atoms with Crippen LogP contribution in [0.3, 0.4) is 0 Å². The minimum atomic E-state index is -2.57. The lowest BCUT2D eigenvalue weighted by molar-refractivity contribution is 0.0856. The summed E-state index contributed by atoms with van der Waals surface area (Å²) in [6, 6.07) is 7.35. The van der Waals surface area contributed by atoms with E-state index < -0.39 is 11.8 Å². The highest BCUT2D eigenvalue weighted by molar-refractivity contribution is 5.72. The van der Waals surface area contributed by atoms with Crippen LogP contribution in [0.2, 0.25) is 0 Å². The molecule has 1 aromatic heterocycles. The molecule has 2 fully saturated rings. The van der Waals surface area contributed by atoms with Gasteiger partial charge >= 0.3 is 0 Å². The molecular weight excluding hydrogens is 390 g/mol. The predicted molar refractivity (Wildman–Crippen MR) is 111 cm³/mol. The van der Waals surface area contributed by atoms with Crippen LogP contribution < -0.4 is 15.5 Å². The van der Waals surface area contributed by atoms with E-state index in [-0.39, 0.29) is 24.6 Å². The van der Waals surface area contributed by atoms with Crippen molar-refractivity contribution in [3.63, 3.8) is 0 Å². The topological polar surface area (TPSA) is 52.5 Å². The van der Waals surface area contributed by atoms with E-state index >= 15 is 0 Å². The molecule has 0 spiro atoms. The summed E-state index contributed by atoms with van der Waals surface area (Å²) in [7, 11) is 0. The van der Waals surface area contributed by atoms with E-state index in [1.54, 1.807) is 6.07 Å². The van der Waals surface area contributed by atoms with E-state index in [1.165, 1.54) is 0 Å². The van der Waals surface area contributed by atoms with E-state index in [9.17, 15) is 13.6 Å². The molecule has 0 amide bonds. The summed E-state index contributed by atoms with van der Waals surface area (Å²) in [6.07, 6.45) is 3.00. The van der Waals surface area contributed by atoms with Crippen molar-refractivity contribution in [3.8, 4) is 17.0 Å². The lowest BCUT2D eigenvalue weighted by atomic mass is 9.94. The molecule has 2 aromatic rings. The summed E-state index contributed by atoms with van der Waals surface area (Å²) < 4.78 is 39.7. The molecule has 3 heterocycles. The largest absolute Gasteiger partial charge is 0.493 e. The molecule has 5 nitrogen and oxygen atoms in total. The number of rotatable bonds is 6. The van der Waals surface area contributed by atoms with Gasteiger partial charge in [-0.3, -0.25) is 4.79 Å². The van der Waals surface area contributed by atoms with Crippen molar-refractivity contribution in [2.24, 2.45) is 5.92 Å². The van der Waals surface area contributed by atoms with Gasteiger partial charge in [0.25, 0.3) is 5.92 Å². The summed E-state index contributed by atoms with van der Waals surface area (Å²) in [6.45, 7) is 4.12. The highest BCUT2D eigenvalue weighted by atomic mass is 19.3. The summed E-state index contributed by atoms with van der Waals surface area (Å²) in [4.78, 5) is 12.6. The first-order valence-corrected chi connectivity index (χ1v) is 10.7. The SMILES string of the molecule is Cc1c2n(c(NCC3CCCO3)cc1=O)CCc1cc(OCC3CC3(F)F)ccc1-2. The molecule has 2 atom stereocenters. The summed E-state index contributed by atoms with van der Waals surface area (Å²) >= 11 is 0. The fraction of sp³-hybridized carbons (Fsp3) is 0.522. The highest BCUT2D eigenvalue weighted by Gasteiger charge is 2.57. The van der Waals surface area contributed by atoms with Gasteiger partial charge in [0.1, 0.15) is 11.6 Å². The Kier molecular flexibility index (Phi) is 4.81. The molecule has 160 valence electrons. The third-order valence-electron chi connectivity index (χ3n) is 6.43. The van der Waals surface area contributed by atoms with E-state index in [0.29, 0.717) is 17.9 Å². The van der Waals surface area contributed by atoms with E-state index in [0.717, 1.165) is 55.1 Å². The first-order valence-electron chi connectivity index (χ1n) is 10.7. The van der Waals surface area contributed by atoms with Crippen molar-refractivity contribution < 1.29 is 18.3 Å². The number of hydrogen-bond donors (Lipinski definition) is 1. The zero-order valence-corrected chi connectivity index (χ0v) is 17.0. The number of halogens is 2. The van der Waals surface area contributed by atoms with Crippen LogP contribution in [0.1, 0.15) is 30.4 Å². The molecule has 1 saturated heterocycles. The van der Waals surface area contributed by atoms with E-state index in [4.69, 9.17) is 9.47 Å². The average molecular weight is 416 g/mol. The Morgan fingerprint density at radius 1 is 1.33 bits per heavy atom. The fourth-order valence-electron chi connectivity index (χ4n) is 4.48. The number of fused-ring (bicyclic) bond motifs is 3. The molecule has 0 radical (unpaired) electrons. The molecule has 30 heavy (non-hydrogen) atoms. The second-order valence-electron chi connectivity index (χ2n) is 8.58. The van der Waals surface area contributed by atoms with Crippen LogP contribution in [-0.2, 0) is 17.7 Å². The molecule has 0 bridgehead atoms. The molecule has 1 saturated carbocycles. The maximum Gasteiger partial charge on any atom is 0.255 e. The van der Waals surface area contributed by atoms with Gasteiger partial charge in [0, 0.05) is 43.3 Å². The van der Waals surface area contributed by atoms with Crippen molar-refractivity contribution in [1.29, 1.82) is 0 Å². The normalized spacial score (nSPS) is 23.6. The first-order chi connectivity index (χ1) is 14.4. The van der Waals surface area contributed by atoms with Gasteiger partial charge in [-0.05, 0) is 49.9 Å². The third-order valence-corrected chi connectivity index (χ3v) is 6.43. The molecule has 1 aromatic carbocycles. The number of aromatic nitrogens is 1. The van der Waals surface area contributed by atoms with Crippen LogP contribution in [0.4, 0.5) is 14.6 Å². The Bertz CT molecular complexity index is 1030. The van der Waals surface area contributed by atoms with Gasteiger partial charge in [-0.1, -0.05) is 0 Å². The lowest BCUT2D eigenvalue weighted by Crippen LogP contribution is -2.26. The monoisotopic (exact) mass is 416 g/mol. The number of aryl methyl sites for hydroxylation is 1. The minimum Gasteiger partial charge on any atom is -0.493 e. The number of pyridine rings is 1. The van der Waals surface area contributed by atoms with Gasteiger partial charge < -0.3 is 19.4 Å². The zero-order valence-electron chi connectivity index (χ0n) is 17.0. The molecule has 2 aliphatic heterocycles. The van der Waals surface area contributed by atoms with Gasteiger partial charge in [0.2, 0.25) is 0 Å². The van der Waals surface area contributed by atoms with Gasteiger partial charge in [-0.25, -0.2) is 8.78 Å². The average Bonchev–Trinajstić information content (AvgIpc) is 3.10. The van der Waals surface area contributed by atoms with Crippen LogP contribution >= 0.6 is 0 Å². The fourth-order valence-corrected chi connectivity index (χ4v) is 4.48. The number of alkyl halides is 2. The molecule has 1 aliphatic carbocycles. The van der Waals surface area contributed by atoms with Crippen LogP contribution in [-0.4, -0.2) is 36.4 Å². The summed E-state index contributed by atoms with van der Waals surface area (Å²) in [5, 5.41) is 3.41. The second-order valence-corrected chi connectivity index (χ2v) is 8.58. The van der Waals surface area contributed by atoms with Crippen molar-refractivity contribution in [1.82, 2.24) is 4.57 Å². The molecule has 7 heteroatoms. The van der Waals surface area contributed by atoms with E-state index in [2.05, 4.69) is 9.88 Å². The Morgan fingerprint density at radius 2 is 2.17 bits per heavy atom. The van der Waals surface area contributed by atoms with Crippen molar-refractivity contribution in [3.05, 3.63) is 45.6 Å². The van der Waals surface area contributed by atoms with Crippen LogP contribution in [0.25, 0.3) is 11.3 Å². The molecule has 3 aliphatic rings. The Morgan fingerprint density at radius 3 is 2.90 bits per heavy atom. The highest BCUT2D eigenvalue weighted by Crippen LogP contribution is 2.48. The Labute approximate surface area is 174 Å².